The van der Waals surface area contributed by atoms with Gasteiger partial charge in [0.1, 0.15) is 0 Å². The van der Waals surface area contributed by atoms with Crippen LogP contribution in [-0.4, -0.2) is 17.6 Å². The summed E-state index contributed by atoms with van der Waals surface area (Å²) in [6.45, 7) is 4.14. The van der Waals surface area contributed by atoms with Gasteiger partial charge >= 0.3 is 0 Å². The van der Waals surface area contributed by atoms with Crippen molar-refractivity contribution in [2.45, 2.75) is 20.0 Å². The van der Waals surface area contributed by atoms with E-state index in [4.69, 9.17) is 11.6 Å². The molecule has 2 rings (SSSR count). The Labute approximate surface area is 127 Å². The Morgan fingerprint density at radius 2 is 2.00 bits per heavy atom. The Morgan fingerprint density at radius 1 is 1.35 bits per heavy atom. The Bertz CT molecular complexity index is 587. The molecule has 5 heteroatoms. The Morgan fingerprint density at radius 3 is 2.55 bits per heavy atom. The Balaban J connectivity index is 1.94. The summed E-state index contributed by atoms with van der Waals surface area (Å²) in [5.74, 6) is -0.154. The van der Waals surface area contributed by atoms with E-state index in [1.165, 1.54) is 11.3 Å². The molecule has 0 aliphatic heterocycles. The minimum absolute atomic E-state index is 0.154. The fourth-order valence-corrected chi connectivity index (χ4v) is 2.84. The Kier molecular flexibility index (Phi) is 4.81. The smallest absolute Gasteiger partial charge is 0.261 e. The largest absolute Gasteiger partial charge is 0.387 e. The molecule has 0 saturated carbocycles. The average Bonchev–Trinajstić information content (AvgIpc) is 2.76. The number of rotatable bonds is 4. The Hall–Kier alpha value is -1.36. The summed E-state index contributed by atoms with van der Waals surface area (Å²) in [4.78, 5) is 13.8. The van der Waals surface area contributed by atoms with Crippen LogP contribution < -0.4 is 5.32 Å². The second-order valence-corrected chi connectivity index (χ2v) is 6.32. The lowest BCUT2D eigenvalue weighted by atomic mass is 10.1. The number of aryl methyl sites for hydroxylation is 2. The van der Waals surface area contributed by atoms with Crippen molar-refractivity contribution in [2.24, 2.45) is 0 Å². The van der Waals surface area contributed by atoms with Crippen LogP contribution in [0, 0.1) is 13.8 Å². The van der Waals surface area contributed by atoms with Gasteiger partial charge in [0.2, 0.25) is 0 Å². The number of aliphatic hydroxyl groups is 1. The van der Waals surface area contributed by atoms with Crippen molar-refractivity contribution in [3.63, 3.8) is 0 Å². The van der Waals surface area contributed by atoms with Crippen LogP contribution in [0.5, 0.6) is 0 Å². The summed E-state index contributed by atoms with van der Waals surface area (Å²) >= 11 is 7.25. The number of nitrogens with one attached hydrogen (secondary N) is 1. The third-order valence-corrected chi connectivity index (χ3v) is 4.50. The molecule has 0 bridgehead atoms. The maximum absolute atomic E-state index is 12.0. The first-order chi connectivity index (χ1) is 9.47. The van der Waals surface area contributed by atoms with E-state index in [1.54, 1.807) is 24.3 Å². The molecular formula is C15H16ClNO2S. The predicted molar refractivity (Wildman–Crippen MR) is 82.5 cm³/mol. The number of benzene rings is 1. The molecular weight excluding hydrogens is 294 g/mol. The molecule has 1 aromatic carbocycles. The maximum Gasteiger partial charge on any atom is 0.261 e. The minimum atomic E-state index is -0.738. The molecule has 1 heterocycles. The molecule has 2 N–H and O–H groups in total. The van der Waals surface area contributed by atoms with Crippen LogP contribution in [-0.2, 0) is 0 Å². The van der Waals surface area contributed by atoms with Crippen LogP contribution in [0.3, 0.4) is 0 Å². The third-order valence-electron chi connectivity index (χ3n) is 3.10. The van der Waals surface area contributed by atoms with Gasteiger partial charge in [0.05, 0.1) is 11.0 Å². The van der Waals surface area contributed by atoms with E-state index in [0.717, 1.165) is 16.0 Å². The van der Waals surface area contributed by atoms with Crippen LogP contribution in [0.2, 0.25) is 5.02 Å². The monoisotopic (exact) mass is 309 g/mol. The average molecular weight is 310 g/mol. The van der Waals surface area contributed by atoms with Crippen LogP contribution in [0.4, 0.5) is 0 Å². The fourth-order valence-electron chi connectivity index (χ4n) is 1.76. The van der Waals surface area contributed by atoms with Crippen LogP contribution in [0.1, 0.15) is 31.8 Å². The highest BCUT2D eigenvalue weighted by atomic mass is 35.5. The second-order valence-electron chi connectivity index (χ2n) is 4.63. The molecule has 106 valence electrons. The lowest BCUT2D eigenvalue weighted by Crippen LogP contribution is -2.27. The van der Waals surface area contributed by atoms with E-state index in [9.17, 15) is 9.90 Å². The van der Waals surface area contributed by atoms with Crippen LogP contribution in [0.25, 0.3) is 0 Å². The van der Waals surface area contributed by atoms with Gasteiger partial charge in [0.15, 0.2) is 0 Å². The number of amides is 1. The highest BCUT2D eigenvalue weighted by Gasteiger charge is 2.13. The quantitative estimate of drug-likeness (QED) is 0.908. The molecule has 1 amide bonds. The normalized spacial score (nSPS) is 12.2. The summed E-state index contributed by atoms with van der Waals surface area (Å²) in [5, 5.41) is 13.4. The van der Waals surface area contributed by atoms with E-state index in [2.05, 4.69) is 5.32 Å². The predicted octanol–water partition coefficient (Wildman–Crippen LogP) is 3.48. The van der Waals surface area contributed by atoms with Crippen molar-refractivity contribution >= 4 is 28.8 Å². The lowest BCUT2D eigenvalue weighted by molar-refractivity contribution is 0.0920. The summed E-state index contributed by atoms with van der Waals surface area (Å²) < 4.78 is 0. The molecule has 3 nitrogen and oxygen atoms in total. The van der Waals surface area contributed by atoms with Gasteiger partial charge in [-0.15, -0.1) is 11.3 Å². The van der Waals surface area contributed by atoms with E-state index in [0.29, 0.717) is 9.90 Å². The highest BCUT2D eigenvalue weighted by Crippen LogP contribution is 2.21. The van der Waals surface area contributed by atoms with Gasteiger partial charge in [-0.05, 0) is 43.2 Å². The van der Waals surface area contributed by atoms with Crippen molar-refractivity contribution in [1.29, 1.82) is 0 Å². The van der Waals surface area contributed by atoms with E-state index in [1.807, 2.05) is 19.9 Å². The topological polar surface area (TPSA) is 49.3 Å². The first kappa shape index (κ1) is 15.0. The second kappa shape index (κ2) is 6.39. The van der Waals surface area contributed by atoms with Crippen molar-refractivity contribution in [3.8, 4) is 0 Å². The lowest BCUT2D eigenvalue weighted by Gasteiger charge is -2.11. The number of halogens is 1. The number of aliphatic hydroxyl groups excluding tert-OH is 1. The molecule has 2 aromatic rings. The first-order valence-electron chi connectivity index (χ1n) is 6.26. The van der Waals surface area contributed by atoms with Gasteiger partial charge in [0.25, 0.3) is 5.91 Å². The zero-order valence-electron chi connectivity index (χ0n) is 11.3. The fraction of sp³-hybridized carbons (Fsp3) is 0.267. The third kappa shape index (κ3) is 3.60. The van der Waals surface area contributed by atoms with E-state index < -0.39 is 6.10 Å². The van der Waals surface area contributed by atoms with E-state index in [-0.39, 0.29) is 12.5 Å². The van der Waals surface area contributed by atoms with Crippen molar-refractivity contribution < 1.29 is 9.90 Å². The minimum Gasteiger partial charge on any atom is -0.387 e. The number of carbonyl (C=O) groups excluding carboxylic acids is 1. The van der Waals surface area contributed by atoms with Gasteiger partial charge in [-0.3, -0.25) is 4.79 Å². The highest BCUT2D eigenvalue weighted by molar-refractivity contribution is 7.14. The van der Waals surface area contributed by atoms with Crippen molar-refractivity contribution in [2.75, 3.05) is 6.54 Å². The summed E-state index contributed by atoms with van der Waals surface area (Å²) in [6.07, 6.45) is -0.738. The van der Waals surface area contributed by atoms with Gasteiger partial charge < -0.3 is 10.4 Å². The van der Waals surface area contributed by atoms with Gasteiger partial charge in [-0.1, -0.05) is 23.7 Å². The number of hydrogen-bond acceptors (Lipinski definition) is 3. The molecule has 1 aromatic heterocycles. The molecule has 0 saturated heterocycles. The van der Waals surface area contributed by atoms with E-state index >= 15 is 0 Å². The molecule has 1 atom stereocenters. The standard InChI is InChI=1S/C15H16ClNO2S/c1-9-7-14(20-10(9)2)15(19)17-8-13(18)11-3-5-12(16)6-4-11/h3-7,13,18H,8H2,1-2H3,(H,17,19). The van der Waals surface area contributed by atoms with Gasteiger partial charge in [-0.2, -0.15) is 0 Å². The maximum atomic E-state index is 12.0. The summed E-state index contributed by atoms with van der Waals surface area (Å²) in [5.41, 5.74) is 1.84. The van der Waals surface area contributed by atoms with Gasteiger partial charge in [-0.25, -0.2) is 0 Å². The molecule has 0 aliphatic rings. The molecule has 0 aliphatic carbocycles. The molecule has 0 spiro atoms. The number of carbonyl (C=O) groups is 1. The first-order valence-corrected chi connectivity index (χ1v) is 7.45. The van der Waals surface area contributed by atoms with Crippen LogP contribution in [0.15, 0.2) is 30.3 Å². The zero-order chi connectivity index (χ0) is 14.7. The molecule has 1 unspecified atom stereocenters. The SMILES string of the molecule is Cc1cc(C(=O)NCC(O)c2ccc(Cl)cc2)sc1C. The zero-order valence-corrected chi connectivity index (χ0v) is 12.9. The summed E-state index contributed by atoms with van der Waals surface area (Å²) in [7, 11) is 0. The molecule has 0 fully saturated rings. The molecule has 0 radical (unpaired) electrons. The number of hydrogen-bond donors (Lipinski definition) is 2. The van der Waals surface area contributed by atoms with Crippen molar-refractivity contribution in [1.82, 2.24) is 5.32 Å². The number of thiophene rings is 1. The van der Waals surface area contributed by atoms with Gasteiger partial charge in [0, 0.05) is 16.4 Å². The van der Waals surface area contributed by atoms with Crippen LogP contribution >= 0.6 is 22.9 Å². The van der Waals surface area contributed by atoms with Crippen molar-refractivity contribution in [3.05, 3.63) is 56.2 Å². The molecule has 20 heavy (non-hydrogen) atoms. The summed E-state index contributed by atoms with van der Waals surface area (Å²) in [6, 6.07) is 8.79.